The molecule has 3 aromatic rings. The number of phenols is 1. The number of aromatic hydroxyl groups is 1. The number of H-pyrrole nitrogens is 1. The zero-order valence-electron chi connectivity index (χ0n) is 13.6. The van der Waals surface area contributed by atoms with E-state index in [9.17, 15) is 9.50 Å². The van der Waals surface area contributed by atoms with Gasteiger partial charge < -0.3 is 14.6 Å². The van der Waals surface area contributed by atoms with E-state index in [1.807, 2.05) is 6.92 Å². The summed E-state index contributed by atoms with van der Waals surface area (Å²) in [6.07, 6.45) is 0. The Balaban J connectivity index is 2.04. The van der Waals surface area contributed by atoms with Gasteiger partial charge in [-0.25, -0.2) is 4.39 Å². The van der Waals surface area contributed by atoms with Crippen LogP contribution < -0.4 is 9.47 Å². The van der Waals surface area contributed by atoms with Crippen LogP contribution in [0.4, 0.5) is 4.39 Å². The summed E-state index contributed by atoms with van der Waals surface area (Å²) in [5.41, 5.74) is 2.31. The number of nitrogens with one attached hydrogen (secondary N) is 1. The average Bonchev–Trinajstić information content (AvgIpc) is 2.93. The minimum absolute atomic E-state index is 0.0739. The van der Waals surface area contributed by atoms with E-state index in [1.54, 1.807) is 26.2 Å². The lowest BCUT2D eigenvalue weighted by Crippen LogP contribution is -1.92. The molecule has 1 heterocycles. The lowest BCUT2D eigenvalue weighted by molar-refractivity contribution is 0.403. The lowest BCUT2D eigenvalue weighted by atomic mass is 10.0. The van der Waals surface area contributed by atoms with Gasteiger partial charge in [0, 0.05) is 11.1 Å². The largest absolute Gasteiger partial charge is 0.507 e. The molecule has 0 spiro atoms. The molecule has 1 aromatic heterocycles. The van der Waals surface area contributed by atoms with Crippen LogP contribution >= 0.6 is 0 Å². The number of methoxy groups -OCH3 is 1. The summed E-state index contributed by atoms with van der Waals surface area (Å²) < 4.78 is 24.1. The van der Waals surface area contributed by atoms with Crippen LogP contribution in [0.25, 0.3) is 11.3 Å². The van der Waals surface area contributed by atoms with Gasteiger partial charge in [-0.15, -0.1) is 0 Å². The number of halogens is 1. The summed E-state index contributed by atoms with van der Waals surface area (Å²) in [5.74, 6) is 1.28. The van der Waals surface area contributed by atoms with Crippen molar-refractivity contribution < 1.29 is 19.0 Å². The van der Waals surface area contributed by atoms with Crippen molar-refractivity contribution in [2.45, 2.75) is 13.8 Å². The highest BCUT2D eigenvalue weighted by molar-refractivity contribution is 5.76. The molecule has 0 fully saturated rings. The van der Waals surface area contributed by atoms with Gasteiger partial charge >= 0.3 is 0 Å². The van der Waals surface area contributed by atoms with Gasteiger partial charge in [-0.05, 0) is 50.2 Å². The molecular formula is C18H17FN2O3. The molecule has 0 bridgehead atoms. The Labute approximate surface area is 138 Å². The molecule has 0 saturated heterocycles. The minimum atomic E-state index is -0.338. The van der Waals surface area contributed by atoms with E-state index in [2.05, 4.69) is 10.2 Å². The Morgan fingerprint density at radius 3 is 2.46 bits per heavy atom. The summed E-state index contributed by atoms with van der Waals surface area (Å²) in [6, 6.07) is 9.18. The molecule has 0 saturated carbocycles. The summed E-state index contributed by atoms with van der Waals surface area (Å²) in [7, 11) is 1.54. The van der Waals surface area contributed by atoms with E-state index >= 15 is 0 Å². The molecule has 3 rings (SSSR count). The predicted molar refractivity (Wildman–Crippen MR) is 88.2 cm³/mol. The van der Waals surface area contributed by atoms with E-state index in [-0.39, 0.29) is 11.6 Å². The van der Waals surface area contributed by atoms with E-state index < -0.39 is 0 Å². The van der Waals surface area contributed by atoms with Gasteiger partial charge in [0.1, 0.15) is 28.8 Å². The van der Waals surface area contributed by atoms with Crippen LogP contribution in [0.15, 0.2) is 36.4 Å². The first-order valence-electron chi connectivity index (χ1n) is 7.36. The highest BCUT2D eigenvalue weighted by atomic mass is 19.1. The third-order valence-corrected chi connectivity index (χ3v) is 3.78. The molecule has 2 N–H and O–H groups in total. The first kappa shape index (κ1) is 15.9. The fourth-order valence-electron chi connectivity index (χ4n) is 2.44. The second-order valence-corrected chi connectivity index (χ2v) is 5.37. The molecule has 0 radical (unpaired) electrons. The smallest absolute Gasteiger partial charge is 0.176 e. The number of hydrogen-bond acceptors (Lipinski definition) is 4. The molecule has 5 nitrogen and oxygen atoms in total. The van der Waals surface area contributed by atoms with Gasteiger partial charge in [-0.1, -0.05) is 0 Å². The van der Waals surface area contributed by atoms with Gasteiger partial charge in [0.25, 0.3) is 0 Å². The maximum atomic E-state index is 13.0. The predicted octanol–water partition coefficient (Wildman–Crippen LogP) is 4.34. The Hall–Kier alpha value is -3.02. The van der Waals surface area contributed by atoms with Crippen LogP contribution in [-0.2, 0) is 0 Å². The van der Waals surface area contributed by atoms with Gasteiger partial charge in [0.05, 0.1) is 12.8 Å². The lowest BCUT2D eigenvalue weighted by Gasteiger charge is -2.12. The Morgan fingerprint density at radius 1 is 1.08 bits per heavy atom. The van der Waals surface area contributed by atoms with E-state index in [0.29, 0.717) is 39.8 Å². The molecule has 0 aliphatic heterocycles. The standard InChI is InChI=1S/C18H17FN2O3/c1-10-15(23-3)9-8-14(17(10)22)16-18(11(2)20-21-16)24-13-6-4-12(19)5-7-13/h4-9,22H,1-3H3,(H,20,21). The van der Waals surface area contributed by atoms with Crippen LogP contribution in [0.2, 0.25) is 0 Å². The molecular weight excluding hydrogens is 311 g/mol. The molecule has 0 unspecified atom stereocenters. The average molecular weight is 328 g/mol. The van der Waals surface area contributed by atoms with Crippen molar-refractivity contribution in [3.63, 3.8) is 0 Å². The van der Waals surface area contributed by atoms with E-state index in [0.717, 1.165) is 0 Å². The van der Waals surface area contributed by atoms with Crippen molar-refractivity contribution in [1.29, 1.82) is 0 Å². The topological polar surface area (TPSA) is 67.4 Å². The van der Waals surface area contributed by atoms with E-state index in [1.165, 1.54) is 24.3 Å². The number of rotatable bonds is 4. The molecule has 0 amide bonds. The van der Waals surface area contributed by atoms with Gasteiger partial charge in [-0.2, -0.15) is 5.10 Å². The number of benzene rings is 2. The van der Waals surface area contributed by atoms with Crippen molar-refractivity contribution in [2.24, 2.45) is 0 Å². The van der Waals surface area contributed by atoms with Crippen LogP contribution in [0.5, 0.6) is 23.0 Å². The van der Waals surface area contributed by atoms with E-state index in [4.69, 9.17) is 9.47 Å². The number of aryl methyl sites for hydroxylation is 1. The number of nitrogens with zero attached hydrogens (tertiary/aromatic N) is 1. The maximum Gasteiger partial charge on any atom is 0.176 e. The van der Waals surface area contributed by atoms with Gasteiger partial charge in [0.15, 0.2) is 5.75 Å². The minimum Gasteiger partial charge on any atom is -0.507 e. The first-order chi connectivity index (χ1) is 11.5. The Morgan fingerprint density at radius 2 is 1.79 bits per heavy atom. The SMILES string of the molecule is COc1ccc(-c2n[nH]c(C)c2Oc2ccc(F)cc2)c(O)c1C. The van der Waals surface area contributed by atoms with Crippen molar-refractivity contribution in [1.82, 2.24) is 10.2 Å². The summed E-state index contributed by atoms with van der Waals surface area (Å²) in [4.78, 5) is 0. The third kappa shape index (κ3) is 2.78. The van der Waals surface area contributed by atoms with Crippen molar-refractivity contribution in [3.05, 3.63) is 53.5 Å². The summed E-state index contributed by atoms with van der Waals surface area (Å²) in [6.45, 7) is 3.57. The third-order valence-electron chi connectivity index (χ3n) is 3.78. The molecule has 2 aromatic carbocycles. The van der Waals surface area contributed by atoms with Crippen LogP contribution in [0, 0.1) is 19.7 Å². The number of aromatic amines is 1. The Bertz CT molecular complexity index is 873. The second-order valence-electron chi connectivity index (χ2n) is 5.37. The van der Waals surface area contributed by atoms with Crippen molar-refractivity contribution >= 4 is 0 Å². The highest BCUT2D eigenvalue weighted by Gasteiger charge is 2.20. The second kappa shape index (κ2) is 6.23. The molecule has 6 heteroatoms. The zero-order valence-corrected chi connectivity index (χ0v) is 13.6. The summed E-state index contributed by atoms with van der Waals surface area (Å²) >= 11 is 0. The van der Waals surface area contributed by atoms with Gasteiger partial charge in [0.2, 0.25) is 0 Å². The molecule has 0 aliphatic rings. The zero-order chi connectivity index (χ0) is 17.3. The molecule has 0 aliphatic carbocycles. The number of ether oxygens (including phenoxy) is 2. The summed E-state index contributed by atoms with van der Waals surface area (Å²) in [5, 5.41) is 17.5. The fourth-order valence-corrected chi connectivity index (χ4v) is 2.44. The maximum absolute atomic E-state index is 13.0. The normalized spacial score (nSPS) is 10.7. The first-order valence-corrected chi connectivity index (χ1v) is 7.36. The fraction of sp³-hybridized carbons (Fsp3) is 0.167. The van der Waals surface area contributed by atoms with Crippen LogP contribution in [-0.4, -0.2) is 22.4 Å². The molecule has 0 atom stereocenters. The molecule has 24 heavy (non-hydrogen) atoms. The van der Waals surface area contributed by atoms with Crippen LogP contribution in [0.3, 0.4) is 0 Å². The van der Waals surface area contributed by atoms with Crippen LogP contribution in [0.1, 0.15) is 11.3 Å². The number of aromatic nitrogens is 2. The number of hydrogen-bond donors (Lipinski definition) is 2. The van der Waals surface area contributed by atoms with Crippen molar-refractivity contribution in [3.8, 4) is 34.3 Å². The Kier molecular flexibility index (Phi) is 4.12. The number of phenolic OH excluding ortho intramolecular Hbond substituents is 1. The quantitative estimate of drug-likeness (QED) is 0.747. The van der Waals surface area contributed by atoms with Gasteiger partial charge in [-0.3, -0.25) is 5.10 Å². The molecule has 124 valence electrons. The monoisotopic (exact) mass is 328 g/mol. The highest BCUT2D eigenvalue weighted by Crippen LogP contribution is 2.41. The van der Waals surface area contributed by atoms with Crippen molar-refractivity contribution in [2.75, 3.05) is 7.11 Å².